The normalized spacial score (nSPS) is 10.2. The van der Waals surface area contributed by atoms with Gasteiger partial charge in [0.2, 0.25) is 5.91 Å². The van der Waals surface area contributed by atoms with Crippen LogP contribution in [0.2, 0.25) is 0 Å². The maximum absolute atomic E-state index is 10.8. The fraction of sp³-hybridized carbons (Fsp3) is 0.143. The van der Waals surface area contributed by atoms with Gasteiger partial charge in [-0.15, -0.1) is 0 Å². The highest BCUT2D eigenvalue weighted by Gasteiger charge is 2.01. The third kappa shape index (κ3) is 2.91. The first kappa shape index (κ1) is 11.3. The highest BCUT2D eigenvalue weighted by atomic mass is 16.1. The van der Waals surface area contributed by atoms with Gasteiger partial charge < -0.3 is 5.73 Å². The molecule has 0 fully saturated rings. The largest absolute Gasteiger partial charge is 0.369 e. The molecule has 3 heteroatoms. The van der Waals surface area contributed by atoms with E-state index in [0.29, 0.717) is 0 Å². The standard InChI is InChI=1S/C14H14N2O/c1-10-8-13(6-7-16-10)12-4-2-11(3-5-12)9-14(15)17/h2-8H,9H2,1H3,(H2,15,17). The monoisotopic (exact) mass is 226 g/mol. The Labute approximate surface area is 100 Å². The number of amides is 1. The SMILES string of the molecule is Cc1cc(-c2ccc(CC(N)=O)cc2)ccn1. The molecule has 0 bridgehead atoms. The van der Waals surface area contributed by atoms with E-state index in [4.69, 9.17) is 5.73 Å². The van der Waals surface area contributed by atoms with Gasteiger partial charge in [-0.1, -0.05) is 24.3 Å². The van der Waals surface area contributed by atoms with Crippen molar-refractivity contribution in [2.75, 3.05) is 0 Å². The summed E-state index contributed by atoms with van der Waals surface area (Å²) in [6, 6.07) is 11.8. The summed E-state index contributed by atoms with van der Waals surface area (Å²) in [7, 11) is 0. The molecule has 2 rings (SSSR count). The Kier molecular flexibility index (Phi) is 3.19. The van der Waals surface area contributed by atoms with Gasteiger partial charge in [0.1, 0.15) is 0 Å². The number of pyridine rings is 1. The number of primary amides is 1. The maximum atomic E-state index is 10.8. The third-order valence-corrected chi connectivity index (χ3v) is 2.56. The lowest BCUT2D eigenvalue weighted by atomic mass is 10.0. The summed E-state index contributed by atoms with van der Waals surface area (Å²) in [6.45, 7) is 1.96. The van der Waals surface area contributed by atoms with E-state index in [1.54, 1.807) is 6.20 Å². The van der Waals surface area contributed by atoms with Crippen LogP contribution in [0.5, 0.6) is 0 Å². The third-order valence-electron chi connectivity index (χ3n) is 2.56. The Morgan fingerprint density at radius 1 is 1.18 bits per heavy atom. The molecule has 1 heterocycles. The first-order valence-electron chi connectivity index (χ1n) is 5.45. The highest BCUT2D eigenvalue weighted by Crippen LogP contribution is 2.19. The topological polar surface area (TPSA) is 56.0 Å². The van der Waals surface area contributed by atoms with Crippen molar-refractivity contribution in [3.8, 4) is 11.1 Å². The molecule has 0 saturated heterocycles. The molecule has 0 atom stereocenters. The van der Waals surface area contributed by atoms with Crippen LogP contribution in [-0.2, 0) is 11.2 Å². The van der Waals surface area contributed by atoms with Crippen LogP contribution >= 0.6 is 0 Å². The lowest BCUT2D eigenvalue weighted by Crippen LogP contribution is -2.13. The van der Waals surface area contributed by atoms with Gasteiger partial charge in [-0.25, -0.2) is 0 Å². The predicted octanol–water partition coefficient (Wildman–Crippen LogP) is 2.08. The number of carbonyl (C=O) groups is 1. The molecule has 0 aliphatic rings. The van der Waals surface area contributed by atoms with Crippen molar-refractivity contribution < 1.29 is 4.79 Å². The summed E-state index contributed by atoms with van der Waals surface area (Å²) in [4.78, 5) is 14.9. The molecule has 0 radical (unpaired) electrons. The number of benzene rings is 1. The second-order valence-corrected chi connectivity index (χ2v) is 4.03. The molecule has 0 unspecified atom stereocenters. The second kappa shape index (κ2) is 4.78. The lowest BCUT2D eigenvalue weighted by molar-refractivity contribution is -0.117. The average Bonchev–Trinajstić information content (AvgIpc) is 2.29. The molecule has 1 aromatic carbocycles. The van der Waals surface area contributed by atoms with E-state index in [2.05, 4.69) is 4.98 Å². The summed E-state index contributed by atoms with van der Waals surface area (Å²) in [5.74, 6) is -0.308. The zero-order valence-corrected chi connectivity index (χ0v) is 9.68. The molecular formula is C14H14N2O. The molecule has 86 valence electrons. The highest BCUT2D eigenvalue weighted by molar-refractivity contribution is 5.77. The number of rotatable bonds is 3. The minimum absolute atomic E-state index is 0.287. The van der Waals surface area contributed by atoms with E-state index >= 15 is 0 Å². The number of hydrogen-bond donors (Lipinski definition) is 1. The average molecular weight is 226 g/mol. The van der Waals surface area contributed by atoms with Crippen molar-refractivity contribution in [3.05, 3.63) is 53.9 Å². The van der Waals surface area contributed by atoms with E-state index in [9.17, 15) is 4.79 Å². The quantitative estimate of drug-likeness (QED) is 0.871. The molecule has 0 aliphatic carbocycles. The van der Waals surface area contributed by atoms with Crippen LogP contribution in [0.3, 0.4) is 0 Å². The molecule has 0 spiro atoms. The van der Waals surface area contributed by atoms with Crippen molar-refractivity contribution in [1.82, 2.24) is 4.98 Å². The number of nitrogens with zero attached hydrogens (tertiary/aromatic N) is 1. The Morgan fingerprint density at radius 2 is 1.88 bits per heavy atom. The van der Waals surface area contributed by atoms with Crippen LogP contribution in [0.25, 0.3) is 11.1 Å². The predicted molar refractivity (Wildman–Crippen MR) is 67.3 cm³/mol. The number of hydrogen-bond acceptors (Lipinski definition) is 2. The van der Waals surface area contributed by atoms with Gasteiger partial charge in [0, 0.05) is 11.9 Å². The zero-order valence-electron chi connectivity index (χ0n) is 9.68. The number of aryl methyl sites for hydroxylation is 1. The molecule has 0 saturated carbocycles. The molecule has 2 aromatic rings. The van der Waals surface area contributed by atoms with Crippen molar-refractivity contribution in [2.24, 2.45) is 5.73 Å². The van der Waals surface area contributed by atoms with Crippen molar-refractivity contribution in [3.63, 3.8) is 0 Å². The van der Waals surface area contributed by atoms with Crippen LogP contribution in [0, 0.1) is 6.92 Å². The van der Waals surface area contributed by atoms with Gasteiger partial charge in [0.25, 0.3) is 0 Å². The zero-order chi connectivity index (χ0) is 12.3. The van der Waals surface area contributed by atoms with Gasteiger partial charge in [-0.05, 0) is 35.7 Å². The van der Waals surface area contributed by atoms with Crippen LogP contribution in [0.1, 0.15) is 11.3 Å². The van der Waals surface area contributed by atoms with Gasteiger partial charge in [-0.2, -0.15) is 0 Å². The Hall–Kier alpha value is -2.16. The number of carbonyl (C=O) groups excluding carboxylic acids is 1. The molecule has 3 nitrogen and oxygen atoms in total. The van der Waals surface area contributed by atoms with E-state index in [-0.39, 0.29) is 12.3 Å². The van der Waals surface area contributed by atoms with Gasteiger partial charge >= 0.3 is 0 Å². The number of nitrogens with two attached hydrogens (primary N) is 1. The van der Waals surface area contributed by atoms with Crippen LogP contribution in [-0.4, -0.2) is 10.9 Å². The Morgan fingerprint density at radius 3 is 2.47 bits per heavy atom. The molecular weight excluding hydrogens is 212 g/mol. The van der Waals surface area contributed by atoms with Crippen molar-refractivity contribution in [2.45, 2.75) is 13.3 Å². The summed E-state index contributed by atoms with van der Waals surface area (Å²) < 4.78 is 0. The maximum Gasteiger partial charge on any atom is 0.221 e. The van der Waals surface area contributed by atoms with Crippen molar-refractivity contribution in [1.29, 1.82) is 0 Å². The Balaban J connectivity index is 2.26. The van der Waals surface area contributed by atoms with Crippen LogP contribution in [0.4, 0.5) is 0 Å². The summed E-state index contributed by atoms with van der Waals surface area (Å²) in [5, 5.41) is 0. The lowest BCUT2D eigenvalue weighted by Gasteiger charge is -2.04. The van der Waals surface area contributed by atoms with Gasteiger partial charge in [-0.3, -0.25) is 9.78 Å². The van der Waals surface area contributed by atoms with Gasteiger partial charge in [0.05, 0.1) is 6.42 Å². The van der Waals surface area contributed by atoms with Crippen molar-refractivity contribution >= 4 is 5.91 Å². The van der Waals surface area contributed by atoms with E-state index < -0.39 is 0 Å². The fourth-order valence-corrected chi connectivity index (χ4v) is 1.74. The van der Waals surface area contributed by atoms with Gasteiger partial charge in [0.15, 0.2) is 0 Å². The minimum atomic E-state index is -0.308. The summed E-state index contributed by atoms with van der Waals surface area (Å²) in [5.41, 5.74) is 9.32. The van der Waals surface area contributed by atoms with E-state index in [0.717, 1.165) is 22.4 Å². The van der Waals surface area contributed by atoms with E-state index in [1.165, 1.54) is 0 Å². The summed E-state index contributed by atoms with van der Waals surface area (Å²) >= 11 is 0. The first-order chi connectivity index (χ1) is 8.15. The number of aromatic nitrogens is 1. The van der Waals surface area contributed by atoms with Crippen LogP contribution < -0.4 is 5.73 Å². The Bertz CT molecular complexity index is 532. The summed E-state index contributed by atoms with van der Waals surface area (Å²) in [6.07, 6.45) is 2.08. The molecule has 1 amide bonds. The molecule has 2 N–H and O–H groups in total. The molecule has 1 aromatic heterocycles. The van der Waals surface area contributed by atoms with Crippen LogP contribution in [0.15, 0.2) is 42.6 Å². The molecule has 17 heavy (non-hydrogen) atoms. The molecule has 0 aliphatic heterocycles. The fourth-order valence-electron chi connectivity index (χ4n) is 1.74. The second-order valence-electron chi connectivity index (χ2n) is 4.03. The smallest absolute Gasteiger partial charge is 0.221 e. The minimum Gasteiger partial charge on any atom is -0.369 e. The first-order valence-corrected chi connectivity index (χ1v) is 5.45. The van der Waals surface area contributed by atoms with E-state index in [1.807, 2.05) is 43.3 Å².